The third-order valence-electron chi connectivity index (χ3n) is 5.23. The van der Waals surface area contributed by atoms with Crippen LogP contribution in [0.1, 0.15) is 30.0 Å². The molecule has 1 aliphatic heterocycles. The molecule has 0 aliphatic carbocycles. The van der Waals surface area contributed by atoms with Gasteiger partial charge in [-0.25, -0.2) is 4.98 Å². The summed E-state index contributed by atoms with van der Waals surface area (Å²) in [5, 5.41) is 3.32. The van der Waals surface area contributed by atoms with Gasteiger partial charge in [0.15, 0.2) is 0 Å². The number of thiocarbonyl (C=S) groups is 1. The smallest absolute Gasteiger partial charge is 0.267 e. The lowest BCUT2D eigenvalue weighted by atomic mass is 10.1. The molecule has 4 rings (SSSR count). The van der Waals surface area contributed by atoms with Crippen LogP contribution in [0.3, 0.4) is 0 Å². The molecular weight excluding hydrogens is 440 g/mol. The SMILES string of the molecule is CCCN1C(=O)/C(=C/c2c(NCCc3ccccc3)nc3c(C)cccn3c2=O)SC1=S. The van der Waals surface area contributed by atoms with Crippen LogP contribution >= 0.6 is 24.0 Å². The number of pyridine rings is 1. The van der Waals surface area contributed by atoms with Crippen LogP contribution in [0, 0.1) is 6.92 Å². The highest BCUT2D eigenvalue weighted by atomic mass is 32.2. The maximum absolute atomic E-state index is 13.4. The van der Waals surface area contributed by atoms with Crippen LogP contribution in [-0.4, -0.2) is 37.6 Å². The van der Waals surface area contributed by atoms with Crippen LogP contribution in [0.2, 0.25) is 0 Å². The van der Waals surface area contributed by atoms with E-state index in [1.807, 2.05) is 44.2 Å². The molecule has 3 aromatic rings. The van der Waals surface area contributed by atoms with Crippen molar-refractivity contribution < 1.29 is 4.79 Å². The Morgan fingerprint density at radius 1 is 1.16 bits per heavy atom. The molecule has 6 nitrogen and oxygen atoms in total. The molecule has 0 bridgehead atoms. The molecule has 0 saturated carbocycles. The molecule has 2 aromatic heterocycles. The van der Waals surface area contributed by atoms with Gasteiger partial charge < -0.3 is 5.32 Å². The topological polar surface area (TPSA) is 66.7 Å². The molecule has 1 N–H and O–H groups in total. The van der Waals surface area contributed by atoms with Gasteiger partial charge in [0.25, 0.3) is 11.5 Å². The van der Waals surface area contributed by atoms with E-state index in [-0.39, 0.29) is 11.5 Å². The number of fused-ring (bicyclic) bond motifs is 1. The molecule has 0 radical (unpaired) electrons. The average molecular weight is 465 g/mol. The molecular formula is C24H24N4O2S2. The number of rotatable bonds is 7. The molecule has 32 heavy (non-hydrogen) atoms. The molecule has 1 aliphatic rings. The summed E-state index contributed by atoms with van der Waals surface area (Å²) in [6.45, 7) is 5.10. The molecule has 1 amide bonds. The Hall–Kier alpha value is -2.97. The quantitative estimate of drug-likeness (QED) is 0.416. The van der Waals surface area contributed by atoms with Crippen molar-refractivity contribution in [3.05, 3.63) is 80.6 Å². The Morgan fingerprint density at radius 2 is 1.94 bits per heavy atom. The second-order valence-corrected chi connectivity index (χ2v) is 9.24. The van der Waals surface area contributed by atoms with Gasteiger partial charge in [-0.2, -0.15) is 0 Å². The number of thioether (sulfide) groups is 1. The van der Waals surface area contributed by atoms with Crippen molar-refractivity contribution in [2.75, 3.05) is 18.4 Å². The van der Waals surface area contributed by atoms with Crippen molar-refractivity contribution in [1.29, 1.82) is 0 Å². The summed E-state index contributed by atoms with van der Waals surface area (Å²) in [5.41, 5.74) is 2.82. The van der Waals surface area contributed by atoms with Gasteiger partial charge in [-0.3, -0.25) is 18.9 Å². The molecule has 3 heterocycles. The molecule has 1 saturated heterocycles. The minimum atomic E-state index is -0.221. The summed E-state index contributed by atoms with van der Waals surface area (Å²) >= 11 is 6.60. The van der Waals surface area contributed by atoms with Crippen molar-refractivity contribution in [3.8, 4) is 0 Å². The van der Waals surface area contributed by atoms with E-state index in [9.17, 15) is 9.59 Å². The lowest BCUT2D eigenvalue weighted by Gasteiger charge is -2.13. The number of hydrogen-bond donors (Lipinski definition) is 1. The molecule has 0 atom stereocenters. The van der Waals surface area contributed by atoms with Gasteiger partial charge >= 0.3 is 0 Å². The fourth-order valence-corrected chi connectivity index (χ4v) is 4.88. The predicted octanol–water partition coefficient (Wildman–Crippen LogP) is 4.27. The van der Waals surface area contributed by atoms with Crippen molar-refractivity contribution in [3.63, 3.8) is 0 Å². The summed E-state index contributed by atoms with van der Waals surface area (Å²) in [4.78, 5) is 33.0. The van der Waals surface area contributed by atoms with E-state index >= 15 is 0 Å². The number of anilines is 1. The van der Waals surface area contributed by atoms with Crippen molar-refractivity contribution >= 4 is 51.7 Å². The monoisotopic (exact) mass is 464 g/mol. The lowest BCUT2D eigenvalue weighted by Crippen LogP contribution is -2.28. The fourth-order valence-electron chi connectivity index (χ4n) is 3.59. The number of aromatic nitrogens is 2. The third-order valence-corrected chi connectivity index (χ3v) is 6.61. The normalized spacial score (nSPS) is 15.2. The molecule has 1 fully saturated rings. The maximum Gasteiger partial charge on any atom is 0.267 e. The van der Waals surface area contributed by atoms with Gasteiger partial charge in [0.05, 0.1) is 10.5 Å². The number of benzene rings is 1. The Kier molecular flexibility index (Phi) is 6.72. The van der Waals surface area contributed by atoms with Gasteiger partial charge in [0.2, 0.25) is 0 Å². The zero-order chi connectivity index (χ0) is 22.7. The first-order valence-electron chi connectivity index (χ1n) is 10.5. The number of carbonyl (C=O) groups is 1. The maximum atomic E-state index is 13.4. The van der Waals surface area contributed by atoms with Crippen LogP contribution in [0.15, 0.2) is 58.4 Å². The summed E-state index contributed by atoms with van der Waals surface area (Å²) < 4.78 is 2.04. The molecule has 0 unspecified atom stereocenters. The van der Waals surface area contributed by atoms with Crippen molar-refractivity contribution in [2.24, 2.45) is 0 Å². The van der Waals surface area contributed by atoms with E-state index in [0.717, 1.165) is 18.4 Å². The zero-order valence-electron chi connectivity index (χ0n) is 18.0. The Balaban J connectivity index is 1.74. The number of aryl methyl sites for hydroxylation is 1. The van der Waals surface area contributed by atoms with Gasteiger partial charge in [0, 0.05) is 19.3 Å². The average Bonchev–Trinajstić information content (AvgIpc) is 3.05. The zero-order valence-corrected chi connectivity index (χ0v) is 19.6. The van der Waals surface area contributed by atoms with Crippen LogP contribution < -0.4 is 10.9 Å². The Labute approximate surface area is 196 Å². The summed E-state index contributed by atoms with van der Waals surface area (Å²) in [5.74, 6) is 0.312. The van der Waals surface area contributed by atoms with Gasteiger partial charge in [-0.05, 0) is 43.0 Å². The molecule has 164 valence electrons. The van der Waals surface area contributed by atoms with Gasteiger partial charge in [0.1, 0.15) is 15.8 Å². The first kappa shape index (κ1) is 22.2. The molecule has 0 spiro atoms. The van der Waals surface area contributed by atoms with Crippen LogP contribution in [0.4, 0.5) is 5.82 Å². The second kappa shape index (κ2) is 9.67. The van der Waals surface area contributed by atoms with Crippen molar-refractivity contribution in [1.82, 2.24) is 14.3 Å². The highest BCUT2D eigenvalue weighted by molar-refractivity contribution is 8.26. The second-order valence-electron chi connectivity index (χ2n) is 7.56. The number of nitrogens with one attached hydrogen (secondary N) is 1. The number of amides is 1. The number of carbonyl (C=O) groups excluding carboxylic acids is 1. The summed E-state index contributed by atoms with van der Waals surface area (Å²) in [6, 6.07) is 13.9. The number of hydrogen-bond acceptors (Lipinski definition) is 6. The Morgan fingerprint density at radius 3 is 2.69 bits per heavy atom. The summed E-state index contributed by atoms with van der Waals surface area (Å²) in [7, 11) is 0. The van der Waals surface area contributed by atoms with E-state index in [2.05, 4.69) is 17.4 Å². The third kappa shape index (κ3) is 4.47. The van der Waals surface area contributed by atoms with Gasteiger partial charge in [-0.15, -0.1) is 0 Å². The Bertz CT molecular complexity index is 1270. The van der Waals surface area contributed by atoms with Gasteiger partial charge in [-0.1, -0.05) is 67.3 Å². The number of nitrogens with zero attached hydrogens (tertiary/aromatic N) is 3. The highest BCUT2D eigenvalue weighted by Gasteiger charge is 2.32. The minimum absolute atomic E-state index is 0.161. The standard InChI is InChI=1S/C24H24N4O2S2/c1-3-13-28-23(30)19(32-24(28)31)15-18-20(25-12-11-17-9-5-4-6-10-17)26-21-16(2)8-7-14-27(21)22(18)29/h4-10,14-15,25H,3,11-13H2,1-2H3/b19-15-. The highest BCUT2D eigenvalue weighted by Crippen LogP contribution is 2.33. The van der Waals surface area contributed by atoms with E-state index in [0.29, 0.717) is 39.3 Å². The van der Waals surface area contributed by atoms with Crippen LogP contribution in [0.25, 0.3) is 11.7 Å². The fraction of sp³-hybridized carbons (Fsp3) is 0.250. The minimum Gasteiger partial charge on any atom is -0.369 e. The lowest BCUT2D eigenvalue weighted by molar-refractivity contribution is -0.122. The van der Waals surface area contributed by atoms with E-state index < -0.39 is 0 Å². The van der Waals surface area contributed by atoms with Crippen LogP contribution in [-0.2, 0) is 11.2 Å². The first-order chi connectivity index (χ1) is 15.5. The largest absolute Gasteiger partial charge is 0.369 e. The summed E-state index contributed by atoms with van der Waals surface area (Å²) in [6.07, 6.45) is 4.92. The molecule has 1 aromatic carbocycles. The van der Waals surface area contributed by atoms with E-state index in [1.54, 1.807) is 17.2 Å². The first-order valence-corrected chi connectivity index (χ1v) is 11.8. The molecule has 8 heteroatoms. The van der Waals surface area contributed by atoms with E-state index in [4.69, 9.17) is 17.2 Å². The van der Waals surface area contributed by atoms with Crippen molar-refractivity contribution in [2.45, 2.75) is 26.7 Å². The van der Waals surface area contributed by atoms with E-state index in [1.165, 1.54) is 21.7 Å². The van der Waals surface area contributed by atoms with Crippen LogP contribution in [0.5, 0.6) is 0 Å². The predicted molar refractivity (Wildman–Crippen MR) is 135 cm³/mol.